The Labute approximate surface area is 131 Å². The molecule has 2 aromatic rings. The average Bonchev–Trinajstić information content (AvgIpc) is 2.54. The molecule has 0 aliphatic heterocycles. The van der Waals surface area contributed by atoms with Crippen LogP contribution < -0.4 is 9.47 Å². The zero-order valence-electron chi connectivity index (χ0n) is 13.3. The fourth-order valence-electron chi connectivity index (χ4n) is 2.20. The Kier molecular flexibility index (Phi) is 4.99. The fourth-order valence-corrected chi connectivity index (χ4v) is 2.20. The molecule has 2 aromatic carbocycles. The van der Waals surface area contributed by atoms with Crippen molar-refractivity contribution >= 4 is 11.9 Å². The number of carbonyl (C=O) groups is 1. The van der Waals surface area contributed by atoms with Gasteiger partial charge in [-0.05, 0) is 43.2 Å². The van der Waals surface area contributed by atoms with E-state index in [4.69, 9.17) is 9.47 Å². The minimum Gasteiger partial charge on any atom is -0.497 e. The topological polar surface area (TPSA) is 35.5 Å². The summed E-state index contributed by atoms with van der Waals surface area (Å²) in [4.78, 5) is 12.4. The highest BCUT2D eigenvalue weighted by Gasteiger charge is 2.10. The van der Waals surface area contributed by atoms with Crippen molar-refractivity contribution in [2.75, 3.05) is 14.2 Å². The predicted octanol–water partition coefficient (Wildman–Crippen LogP) is 4.22. The minimum absolute atomic E-state index is 0.0968. The first-order valence-corrected chi connectivity index (χ1v) is 7.07. The predicted molar refractivity (Wildman–Crippen MR) is 88.8 cm³/mol. The van der Waals surface area contributed by atoms with Crippen LogP contribution in [-0.2, 0) is 0 Å². The second-order valence-corrected chi connectivity index (χ2v) is 5.12. The highest BCUT2D eigenvalue weighted by Crippen LogP contribution is 2.25. The van der Waals surface area contributed by atoms with E-state index in [2.05, 4.69) is 12.1 Å². The average molecular weight is 296 g/mol. The molecule has 0 aromatic heterocycles. The second kappa shape index (κ2) is 6.94. The van der Waals surface area contributed by atoms with Crippen LogP contribution in [0.5, 0.6) is 11.5 Å². The molecule has 0 saturated heterocycles. The van der Waals surface area contributed by atoms with Crippen molar-refractivity contribution in [3.63, 3.8) is 0 Å². The van der Waals surface area contributed by atoms with Gasteiger partial charge in [0.25, 0.3) is 0 Å². The standard InChI is InChI=1S/C19H20O3/c1-13-5-6-14(2)15(11-13)7-10-18(20)17-9-8-16(21-3)12-19(17)22-4/h5-12H,1-4H3. The molecule has 0 spiro atoms. The number of hydrogen-bond acceptors (Lipinski definition) is 3. The Morgan fingerprint density at radius 2 is 1.77 bits per heavy atom. The van der Waals surface area contributed by atoms with E-state index in [9.17, 15) is 4.79 Å². The van der Waals surface area contributed by atoms with E-state index in [1.807, 2.05) is 26.0 Å². The van der Waals surface area contributed by atoms with E-state index >= 15 is 0 Å². The summed E-state index contributed by atoms with van der Waals surface area (Å²) in [5.74, 6) is 1.07. The normalized spacial score (nSPS) is 10.7. The van der Waals surface area contributed by atoms with Crippen LogP contribution in [0.25, 0.3) is 6.08 Å². The molecule has 0 aliphatic rings. The number of benzene rings is 2. The van der Waals surface area contributed by atoms with E-state index in [1.165, 1.54) is 5.56 Å². The maximum Gasteiger partial charge on any atom is 0.189 e. The summed E-state index contributed by atoms with van der Waals surface area (Å²) >= 11 is 0. The van der Waals surface area contributed by atoms with Crippen LogP contribution in [0.3, 0.4) is 0 Å². The third kappa shape index (κ3) is 3.55. The monoisotopic (exact) mass is 296 g/mol. The number of allylic oxidation sites excluding steroid dienone is 1. The summed E-state index contributed by atoms with van der Waals surface area (Å²) in [6.07, 6.45) is 3.42. The molecule has 0 saturated carbocycles. The van der Waals surface area contributed by atoms with E-state index in [-0.39, 0.29) is 5.78 Å². The summed E-state index contributed by atoms with van der Waals surface area (Å²) < 4.78 is 10.4. The molecule has 2 rings (SSSR count). The van der Waals surface area contributed by atoms with Crippen LogP contribution >= 0.6 is 0 Å². The molecule has 3 heteroatoms. The molecule has 0 bridgehead atoms. The van der Waals surface area contributed by atoms with Crippen LogP contribution in [0.15, 0.2) is 42.5 Å². The number of rotatable bonds is 5. The van der Waals surface area contributed by atoms with Crippen molar-refractivity contribution in [1.82, 2.24) is 0 Å². The Bertz CT molecular complexity index is 715. The van der Waals surface area contributed by atoms with Gasteiger partial charge in [0.15, 0.2) is 5.78 Å². The zero-order valence-corrected chi connectivity index (χ0v) is 13.3. The van der Waals surface area contributed by atoms with Crippen LogP contribution in [0.4, 0.5) is 0 Å². The molecule has 0 N–H and O–H groups in total. The Morgan fingerprint density at radius 3 is 2.45 bits per heavy atom. The Morgan fingerprint density at radius 1 is 1.00 bits per heavy atom. The fraction of sp³-hybridized carbons (Fsp3) is 0.211. The molecule has 114 valence electrons. The van der Waals surface area contributed by atoms with Crippen molar-refractivity contribution in [2.45, 2.75) is 13.8 Å². The van der Waals surface area contributed by atoms with Crippen molar-refractivity contribution in [3.05, 3.63) is 64.7 Å². The van der Waals surface area contributed by atoms with Crippen LogP contribution in [0.1, 0.15) is 27.0 Å². The summed E-state index contributed by atoms with van der Waals surface area (Å²) in [5, 5.41) is 0. The first-order valence-electron chi connectivity index (χ1n) is 7.07. The maximum absolute atomic E-state index is 12.4. The Balaban J connectivity index is 2.29. The molecule has 3 nitrogen and oxygen atoms in total. The maximum atomic E-state index is 12.4. The number of methoxy groups -OCH3 is 2. The number of ketones is 1. The van der Waals surface area contributed by atoms with Gasteiger partial charge in [0, 0.05) is 6.07 Å². The van der Waals surface area contributed by atoms with Gasteiger partial charge in [-0.3, -0.25) is 4.79 Å². The molecule has 0 amide bonds. The molecule has 0 heterocycles. The molecule has 0 fully saturated rings. The Hall–Kier alpha value is -2.55. The lowest BCUT2D eigenvalue weighted by Gasteiger charge is -2.08. The summed E-state index contributed by atoms with van der Waals surface area (Å²) in [6, 6.07) is 11.3. The third-order valence-corrected chi connectivity index (χ3v) is 3.52. The lowest BCUT2D eigenvalue weighted by atomic mass is 10.0. The van der Waals surface area contributed by atoms with Gasteiger partial charge in [0.1, 0.15) is 11.5 Å². The molecule has 0 aliphatic carbocycles. The lowest BCUT2D eigenvalue weighted by molar-refractivity contribution is 0.104. The van der Waals surface area contributed by atoms with Gasteiger partial charge < -0.3 is 9.47 Å². The van der Waals surface area contributed by atoms with Crippen LogP contribution in [0.2, 0.25) is 0 Å². The van der Waals surface area contributed by atoms with E-state index in [1.54, 1.807) is 38.5 Å². The lowest BCUT2D eigenvalue weighted by Crippen LogP contribution is -1.99. The van der Waals surface area contributed by atoms with Crippen LogP contribution in [0, 0.1) is 13.8 Å². The van der Waals surface area contributed by atoms with Gasteiger partial charge in [-0.15, -0.1) is 0 Å². The number of hydrogen-bond donors (Lipinski definition) is 0. The third-order valence-electron chi connectivity index (χ3n) is 3.52. The number of carbonyl (C=O) groups excluding carboxylic acids is 1. The summed E-state index contributed by atoms with van der Waals surface area (Å²) in [7, 11) is 3.12. The zero-order chi connectivity index (χ0) is 16.1. The van der Waals surface area contributed by atoms with E-state index < -0.39 is 0 Å². The van der Waals surface area contributed by atoms with E-state index in [0.717, 1.165) is 11.1 Å². The van der Waals surface area contributed by atoms with Gasteiger partial charge in [0.2, 0.25) is 0 Å². The SMILES string of the molecule is COc1ccc(C(=O)C=Cc2cc(C)ccc2C)c(OC)c1. The molecule has 0 atom stereocenters. The number of aryl methyl sites for hydroxylation is 2. The van der Waals surface area contributed by atoms with Crippen molar-refractivity contribution in [3.8, 4) is 11.5 Å². The van der Waals surface area contributed by atoms with E-state index in [0.29, 0.717) is 17.1 Å². The smallest absolute Gasteiger partial charge is 0.189 e. The van der Waals surface area contributed by atoms with Crippen LogP contribution in [-0.4, -0.2) is 20.0 Å². The summed E-state index contributed by atoms with van der Waals surface area (Å²) in [6.45, 7) is 4.06. The number of ether oxygens (including phenoxy) is 2. The molecule has 22 heavy (non-hydrogen) atoms. The van der Waals surface area contributed by atoms with Gasteiger partial charge in [0.05, 0.1) is 19.8 Å². The summed E-state index contributed by atoms with van der Waals surface area (Å²) in [5.41, 5.74) is 3.86. The first-order chi connectivity index (χ1) is 10.5. The van der Waals surface area contributed by atoms with Crippen molar-refractivity contribution in [2.24, 2.45) is 0 Å². The molecular formula is C19H20O3. The first kappa shape index (κ1) is 15.8. The molecule has 0 unspecified atom stereocenters. The van der Waals surface area contributed by atoms with Gasteiger partial charge in [-0.25, -0.2) is 0 Å². The van der Waals surface area contributed by atoms with Gasteiger partial charge in [-0.1, -0.05) is 29.8 Å². The quantitative estimate of drug-likeness (QED) is 0.612. The largest absolute Gasteiger partial charge is 0.497 e. The molecular weight excluding hydrogens is 276 g/mol. The molecule has 0 radical (unpaired) electrons. The minimum atomic E-state index is -0.0968. The van der Waals surface area contributed by atoms with Crippen molar-refractivity contribution in [1.29, 1.82) is 0 Å². The van der Waals surface area contributed by atoms with Gasteiger partial charge in [-0.2, -0.15) is 0 Å². The van der Waals surface area contributed by atoms with Gasteiger partial charge >= 0.3 is 0 Å². The highest BCUT2D eigenvalue weighted by molar-refractivity contribution is 6.08. The van der Waals surface area contributed by atoms with Crippen molar-refractivity contribution < 1.29 is 14.3 Å². The highest BCUT2D eigenvalue weighted by atomic mass is 16.5. The second-order valence-electron chi connectivity index (χ2n) is 5.12.